The lowest BCUT2D eigenvalue weighted by Crippen LogP contribution is -2.46. The second-order valence-corrected chi connectivity index (χ2v) is 9.15. The molecule has 0 spiro atoms. The average Bonchev–Trinajstić information content (AvgIpc) is 2.72. The standard InChI is InChI=1S/C23H34N2O4/c1-23(2,3)29-22(27)24-15-17-9-11-19(12-10-17)21(26)25-13-14-28-20(16-25)18-7-5-4-6-8-18/h4-8,17,19-20H,9-16H2,1-3H3,(H,24,27)/t17?,19?,20-/m0/s1. The molecule has 3 rings (SSSR count). The van der Waals surface area contributed by atoms with Crippen LogP contribution in [0.25, 0.3) is 0 Å². The van der Waals surface area contributed by atoms with Gasteiger partial charge in [-0.1, -0.05) is 30.3 Å². The molecule has 1 aromatic rings. The van der Waals surface area contributed by atoms with Crippen LogP contribution >= 0.6 is 0 Å². The van der Waals surface area contributed by atoms with Gasteiger partial charge in [-0.25, -0.2) is 4.79 Å². The highest BCUT2D eigenvalue weighted by atomic mass is 16.6. The largest absolute Gasteiger partial charge is 0.444 e. The van der Waals surface area contributed by atoms with E-state index in [-0.39, 0.29) is 24.0 Å². The second-order valence-electron chi connectivity index (χ2n) is 9.15. The van der Waals surface area contributed by atoms with Crippen molar-refractivity contribution in [2.45, 2.75) is 58.2 Å². The molecule has 6 nitrogen and oxygen atoms in total. The Morgan fingerprint density at radius 3 is 2.48 bits per heavy atom. The van der Waals surface area contributed by atoms with Gasteiger partial charge in [0.15, 0.2) is 0 Å². The van der Waals surface area contributed by atoms with Gasteiger partial charge in [0.1, 0.15) is 11.7 Å². The number of carbonyl (C=O) groups excluding carboxylic acids is 2. The number of hydrogen-bond acceptors (Lipinski definition) is 4. The Kier molecular flexibility index (Phi) is 7.17. The molecular formula is C23H34N2O4. The van der Waals surface area contributed by atoms with Crippen LogP contribution in [0.2, 0.25) is 0 Å². The highest BCUT2D eigenvalue weighted by Crippen LogP contribution is 2.31. The molecule has 1 aliphatic heterocycles. The molecular weight excluding hydrogens is 368 g/mol. The number of hydrogen-bond donors (Lipinski definition) is 1. The Balaban J connectivity index is 1.43. The average molecular weight is 403 g/mol. The maximum absolute atomic E-state index is 13.0. The second kappa shape index (κ2) is 9.61. The summed E-state index contributed by atoms with van der Waals surface area (Å²) in [5, 5.41) is 2.87. The molecule has 1 N–H and O–H groups in total. The summed E-state index contributed by atoms with van der Waals surface area (Å²) in [7, 11) is 0. The maximum Gasteiger partial charge on any atom is 0.407 e. The molecule has 1 aliphatic carbocycles. The zero-order valence-electron chi connectivity index (χ0n) is 17.9. The smallest absolute Gasteiger partial charge is 0.407 e. The van der Waals surface area contributed by atoms with Gasteiger partial charge in [0.05, 0.1) is 13.2 Å². The number of alkyl carbamates (subject to hydrolysis) is 1. The molecule has 0 unspecified atom stereocenters. The Morgan fingerprint density at radius 1 is 1.14 bits per heavy atom. The van der Waals surface area contributed by atoms with Crippen LogP contribution in [-0.4, -0.2) is 48.7 Å². The van der Waals surface area contributed by atoms with Gasteiger partial charge in [-0.15, -0.1) is 0 Å². The van der Waals surface area contributed by atoms with Crippen molar-refractivity contribution in [1.29, 1.82) is 0 Å². The predicted octanol–water partition coefficient (Wildman–Crippen LogP) is 3.92. The van der Waals surface area contributed by atoms with Crippen LogP contribution in [-0.2, 0) is 14.3 Å². The zero-order chi connectivity index (χ0) is 20.9. The lowest BCUT2D eigenvalue weighted by atomic mass is 9.81. The van der Waals surface area contributed by atoms with Crippen molar-refractivity contribution in [3.05, 3.63) is 35.9 Å². The van der Waals surface area contributed by atoms with Gasteiger partial charge >= 0.3 is 6.09 Å². The van der Waals surface area contributed by atoms with E-state index in [0.717, 1.165) is 31.2 Å². The van der Waals surface area contributed by atoms with Crippen LogP contribution in [0.4, 0.5) is 4.79 Å². The van der Waals surface area contributed by atoms with E-state index in [4.69, 9.17) is 9.47 Å². The molecule has 0 radical (unpaired) electrons. The summed E-state index contributed by atoms with van der Waals surface area (Å²) in [5.74, 6) is 0.753. The van der Waals surface area contributed by atoms with Crippen molar-refractivity contribution in [3.8, 4) is 0 Å². The van der Waals surface area contributed by atoms with Crippen LogP contribution in [0.5, 0.6) is 0 Å². The molecule has 1 saturated carbocycles. The van der Waals surface area contributed by atoms with E-state index in [1.165, 1.54) is 0 Å². The number of nitrogens with one attached hydrogen (secondary N) is 1. The minimum Gasteiger partial charge on any atom is -0.444 e. The van der Waals surface area contributed by atoms with Crippen molar-refractivity contribution in [2.75, 3.05) is 26.2 Å². The number of morpholine rings is 1. The normalized spacial score (nSPS) is 25.3. The summed E-state index contributed by atoms with van der Waals surface area (Å²) in [5.41, 5.74) is 0.645. The molecule has 2 aliphatic rings. The summed E-state index contributed by atoms with van der Waals surface area (Å²) >= 11 is 0. The Morgan fingerprint density at radius 2 is 1.83 bits per heavy atom. The maximum atomic E-state index is 13.0. The number of ether oxygens (including phenoxy) is 2. The van der Waals surface area contributed by atoms with Gasteiger partial charge in [-0.05, 0) is 57.9 Å². The van der Waals surface area contributed by atoms with Crippen LogP contribution in [0.1, 0.15) is 58.1 Å². The summed E-state index contributed by atoms with van der Waals surface area (Å²) in [6.07, 6.45) is 3.27. The van der Waals surface area contributed by atoms with Crippen molar-refractivity contribution >= 4 is 12.0 Å². The number of amides is 2. The number of nitrogens with zero attached hydrogens (tertiary/aromatic N) is 1. The number of benzene rings is 1. The van der Waals surface area contributed by atoms with Crippen LogP contribution < -0.4 is 5.32 Å². The first kappa shape index (κ1) is 21.6. The fraction of sp³-hybridized carbons (Fsp3) is 0.652. The van der Waals surface area contributed by atoms with E-state index in [1.54, 1.807) is 0 Å². The molecule has 0 aromatic heterocycles. The van der Waals surface area contributed by atoms with Crippen molar-refractivity contribution in [1.82, 2.24) is 10.2 Å². The molecule has 1 atom stereocenters. The minimum absolute atomic E-state index is 0.0386. The molecule has 6 heteroatoms. The van der Waals surface area contributed by atoms with E-state index in [9.17, 15) is 9.59 Å². The highest BCUT2D eigenvalue weighted by molar-refractivity contribution is 5.79. The van der Waals surface area contributed by atoms with E-state index in [0.29, 0.717) is 32.2 Å². The van der Waals surface area contributed by atoms with Gasteiger partial charge in [-0.2, -0.15) is 0 Å². The van der Waals surface area contributed by atoms with Gasteiger partial charge in [0.2, 0.25) is 5.91 Å². The minimum atomic E-state index is -0.482. The molecule has 0 bridgehead atoms. The van der Waals surface area contributed by atoms with E-state index >= 15 is 0 Å². The summed E-state index contributed by atoms with van der Waals surface area (Å²) in [6.45, 7) is 8.07. The van der Waals surface area contributed by atoms with Crippen LogP contribution in [0.3, 0.4) is 0 Å². The third kappa shape index (κ3) is 6.46. The Hall–Kier alpha value is -2.08. The van der Waals surface area contributed by atoms with E-state index in [1.807, 2.05) is 43.9 Å². The highest BCUT2D eigenvalue weighted by Gasteiger charge is 2.32. The zero-order valence-corrected chi connectivity index (χ0v) is 17.9. The molecule has 1 heterocycles. The predicted molar refractivity (Wildman–Crippen MR) is 111 cm³/mol. The summed E-state index contributed by atoms with van der Waals surface area (Å²) < 4.78 is 11.2. The first-order valence-electron chi connectivity index (χ1n) is 10.7. The molecule has 160 valence electrons. The molecule has 1 saturated heterocycles. The number of carbonyl (C=O) groups is 2. The quantitative estimate of drug-likeness (QED) is 0.829. The molecule has 1 aromatic carbocycles. The lowest BCUT2D eigenvalue weighted by molar-refractivity contribution is -0.144. The van der Waals surface area contributed by atoms with Gasteiger partial charge in [0.25, 0.3) is 0 Å². The lowest BCUT2D eigenvalue weighted by Gasteiger charge is -2.37. The fourth-order valence-corrected chi connectivity index (χ4v) is 4.13. The third-order valence-electron chi connectivity index (χ3n) is 5.68. The van der Waals surface area contributed by atoms with Gasteiger partial charge in [0, 0.05) is 19.0 Å². The van der Waals surface area contributed by atoms with E-state index < -0.39 is 5.60 Å². The monoisotopic (exact) mass is 402 g/mol. The first-order valence-corrected chi connectivity index (χ1v) is 10.7. The Labute approximate surface area is 173 Å². The number of rotatable bonds is 4. The fourth-order valence-electron chi connectivity index (χ4n) is 4.13. The summed E-state index contributed by atoms with van der Waals surface area (Å²) in [6, 6.07) is 10.1. The SMILES string of the molecule is CC(C)(C)OC(=O)NCC1CCC(C(=O)N2CCO[C@H](c3ccccc3)C2)CC1. The van der Waals surface area contributed by atoms with Crippen molar-refractivity contribution in [3.63, 3.8) is 0 Å². The molecule has 2 amide bonds. The topological polar surface area (TPSA) is 67.9 Å². The van der Waals surface area contributed by atoms with Gasteiger partial charge < -0.3 is 19.7 Å². The van der Waals surface area contributed by atoms with Crippen molar-refractivity contribution in [2.24, 2.45) is 11.8 Å². The van der Waals surface area contributed by atoms with Gasteiger partial charge in [-0.3, -0.25) is 4.79 Å². The van der Waals surface area contributed by atoms with Crippen LogP contribution in [0, 0.1) is 11.8 Å². The Bertz CT molecular complexity index is 678. The summed E-state index contributed by atoms with van der Waals surface area (Å²) in [4.78, 5) is 26.8. The van der Waals surface area contributed by atoms with E-state index in [2.05, 4.69) is 17.4 Å². The third-order valence-corrected chi connectivity index (χ3v) is 5.68. The van der Waals surface area contributed by atoms with Crippen molar-refractivity contribution < 1.29 is 19.1 Å². The van der Waals surface area contributed by atoms with Crippen LogP contribution in [0.15, 0.2) is 30.3 Å². The molecule has 2 fully saturated rings. The first-order chi connectivity index (χ1) is 13.8. The molecule has 29 heavy (non-hydrogen) atoms.